The number of rotatable bonds is 5. The average Bonchev–Trinajstić information content (AvgIpc) is 2.34. The molecule has 1 aromatic carbocycles. The SMILES string of the molecule is CC(C)NC(=O)NC(=O)COc1cc(Cl)ccc1C(=O)O. The zero-order chi connectivity index (χ0) is 16.0. The highest BCUT2D eigenvalue weighted by Crippen LogP contribution is 2.23. The maximum atomic E-state index is 11.5. The maximum Gasteiger partial charge on any atom is 0.339 e. The first-order valence-corrected chi connectivity index (χ1v) is 6.43. The highest BCUT2D eigenvalue weighted by atomic mass is 35.5. The van der Waals surface area contributed by atoms with Gasteiger partial charge in [-0.25, -0.2) is 9.59 Å². The van der Waals surface area contributed by atoms with Crippen molar-refractivity contribution in [1.29, 1.82) is 0 Å². The Bertz CT molecular complexity index is 559. The number of aromatic carboxylic acids is 1. The summed E-state index contributed by atoms with van der Waals surface area (Å²) < 4.78 is 5.09. The highest BCUT2D eigenvalue weighted by Gasteiger charge is 2.14. The minimum Gasteiger partial charge on any atom is -0.483 e. The van der Waals surface area contributed by atoms with Crippen LogP contribution in [0.25, 0.3) is 0 Å². The van der Waals surface area contributed by atoms with E-state index in [1.165, 1.54) is 18.2 Å². The van der Waals surface area contributed by atoms with Crippen LogP contribution in [0.5, 0.6) is 5.75 Å². The Balaban J connectivity index is 2.63. The molecule has 3 N–H and O–H groups in total. The number of carbonyl (C=O) groups excluding carboxylic acids is 2. The molecule has 0 atom stereocenters. The molecule has 0 radical (unpaired) electrons. The second-order valence-electron chi connectivity index (χ2n) is 4.41. The largest absolute Gasteiger partial charge is 0.483 e. The second kappa shape index (κ2) is 7.49. The van der Waals surface area contributed by atoms with Crippen LogP contribution in [-0.2, 0) is 4.79 Å². The molecule has 0 aliphatic heterocycles. The van der Waals surface area contributed by atoms with E-state index in [0.717, 1.165) is 0 Å². The zero-order valence-electron chi connectivity index (χ0n) is 11.5. The van der Waals surface area contributed by atoms with Gasteiger partial charge in [0, 0.05) is 11.1 Å². The Hall–Kier alpha value is -2.28. The van der Waals surface area contributed by atoms with Crippen molar-refractivity contribution in [1.82, 2.24) is 10.6 Å². The number of carboxylic acids is 1. The molecule has 0 bridgehead atoms. The molecule has 0 saturated heterocycles. The molecule has 21 heavy (non-hydrogen) atoms. The molecule has 0 aromatic heterocycles. The number of ether oxygens (including phenoxy) is 1. The van der Waals surface area contributed by atoms with Gasteiger partial charge in [0.15, 0.2) is 6.61 Å². The van der Waals surface area contributed by atoms with Crippen LogP contribution in [0, 0.1) is 0 Å². The molecule has 0 aliphatic rings. The summed E-state index contributed by atoms with van der Waals surface area (Å²) in [6, 6.07) is 3.18. The first-order valence-electron chi connectivity index (χ1n) is 6.05. The first kappa shape index (κ1) is 16.8. The van der Waals surface area contributed by atoms with Crippen molar-refractivity contribution in [2.75, 3.05) is 6.61 Å². The summed E-state index contributed by atoms with van der Waals surface area (Å²) in [6.45, 7) is 2.98. The van der Waals surface area contributed by atoms with Crippen molar-refractivity contribution >= 4 is 29.5 Å². The van der Waals surface area contributed by atoms with Gasteiger partial charge in [-0.2, -0.15) is 0 Å². The van der Waals surface area contributed by atoms with Crippen molar-refractivity contribution in [3.63, 3.8) is 0 Å². The Morgan fingerprint density at radius 2 is 2.00 bits per heavy atom. The molecule has 0 spiro atoms. The van der Waals surface area contributed by atoms with E-state index < -0.39 is 24.5 Å². The van der Waals surface area contributed by atoms with Gasteiger partial charge in [-0.05, 0) is 32.0 Å². The molecular formula is C13H15ClN2O5. The topological polar surface area (TPSA) is 105 Å². The van der Waals surface area contributed by atoms with E-state index in [0.29, 0.717) is 0 Å². The van der Waals surface area contributed by atoms with Crippen LogP contribution in [0.3, 0.4) is 0 Å². The van der Waals surface area contributed by atoms with E-state index in [9.17, 15) is 14.4 Å². The van der Waals surface area contributed by atoms with Crippen LogP contribution in [0.1, 0.15) is 24.2 Å². The first-order chi connectivity index (χ1) is 9.79. The predicted octanol–water partition coefficient (Wildman–Crippen LogP) is 1.65. The van der Waals surface area contributed by atoms with Crippen molar-refractivity contribution in [2.45, 2.75) is 19.9 Å². The number of amides is 3. The third kappa shape index (κ3) is 5.70. The van der Waals surface area contributed by atoms with Crippen molar-refractivity contribution in [2.24, 2.45) is 0 Å². The molecular weight excluding hydrogens is 300 g/mol. The van der Waals surface area contributed by atoms with Crippen LogP contribution < -0.4 is 15.4 Å². The lowest BCUT2D eigenvalue weighted by Crippen LogP contribution is -2.44. The van der Waals surface area contributed by atoms with Crippen LogP contribution >= 0.6 is 11.6 Å². The number of benzene rings is 1. The molecule has 114 valence electrons. The third-order valence-electron chi connectivity index (χ3n) is 2.21. The van der Waals surface area contributed by atoms with Gasteiger partial charge in [-0.15, -0.1) is 0 Å². The predicted molar refractivity (Wildman–Crippen MR) is 75.7 cm³/mol. The summed E-state index contributed by atoms with van der Waals surface area (Å²) in [5.74, 6) is -1.96. The summed E-state index contributed by atoms with van der Waals surface area (Å²) in [5.41, 5.74) is -0.126. The standard InChI is InChI=1S/C13H15ClN2O5/c1-7(2)15-13(20)16-11(17)6-21-10-5-8(14)3-4-9(10)12(18)19/h3-5,7H,6H2,1-2H3,(H,18,19)(H2,15,16,17,20). The minimum absolute atomic E-state index is 0.0468. The Labute approximate surface area is 126 Å². The van der Waals surface area contributed by atoms with Gasteiger partial charge in [-0.3, -0.25) is 10.1 Å². The van der Waals surface area contributed by atoms with E-state index in [-0.39, 0.29) is 22.4 Å². The van der Waals surface area contributed by atoms with Gasteiger partial charge in [0.25, 0.3) is 5.91 Å². The van der Waals surface area contributed by atoms with Gasteiger partial charge < -0.3 is 15.2 Å². The minimum atomic E-state index is -1.21. The summed E-state index contributed by atoms with van der Waals surface area (Å²) >= 11 is 5.74. The lowest BCUT2D eigenvalue weighted by Gasteiger charge is -2.11. The van der Waals surface area contributed by atoms with Crippen LogP contribution in [0.15, 0.2) is 18.2 Å². The maximum absolute atomic E-state index is 11.5. The number of halogens is 1. The Kier molecular flexibility index (Phi) is 5.98. The molecule has 0 aliphatic carbocycles. The molecule has 3 amide bonds. The molecule has 0 unspecified atom stereocenters. The Morgan fingerprint density at radius 1 is 1.33 bits per heavy atom. The summed E-state index contributed by atoms with van der Waals surface area (Å²) in [6.07, 6.45) is 0. The van der Waals surface area contributed by atoms with Crippen molar-refractivity contribution in [3.05, 3.63) is 28.8 Å². The van der Waals surface area contributed by atoms with Crippen molar-refractivity contribution in [3.8, 4) is 5.75 Å². The summed E-state index contributed by atoms with van der Waals surface area (Å²) in [7, 11) is 0. The molecule has 8 heteroatoms. The third-order valence-corrected chi connectivity index (χ3v) is 2.44. The monoisotopic (exact) mass is 314 g/mol. The van der Waals surface area contributed by atoms with Gasteiger partial charge in [0.1, 0.15) is 11.3 Å². The van der Waals surface area contributed by atoms with Gasteiger partial charge in [0.05, 0.1) is 0 Å². The number of urea groups is 1. The molecule has 0 heterocycles. The average molecular weight is 315 g/mol. The quantitative estimate of drug-likeness (QED) is 0.766. The van der Waals surface area contributed by atoms with E-state index in [4.69, 9.17) is 21.4 Å². The molecule has 1 aromatic rings. The van der Waals surface area contributed by atoms with Gasteiger partial charge >= 0.3 is 12.0 Å². The molecule has 7 nitrogen and oxygen atoms in total. The van der Waals surface area contributed by atoms with Crippen LogP contribution in [-0.4, -0.2) is 35.7 Å². The molecule has 0 saturated carbocycles. The molecule has 1 rings (SSSR count). The Morgan fingerprint density at radius 3 is 2.57 bits per heavy atom. The number of imide groups is 1. The number of nitrogens with one attached hydrogen (secondary N) is 2. The van der Waals surface area contributed by atoms with E-state index in [2.05, 4.69) is 10.6 Å². The van der Waals surface area contributed by atoms with E-state index in [1.807, 2.05) is 0 Å². The lowest BCUT2D eigenvalue weighted by atomic mass is 10.2. The summed E-state index contributed by atoms with van der Waals surface area (Å²) in [5, 5.41) is 13.8. The second-order valence-corrected chi connectivity index (χ2v) is 4.85. The van der Waals surface area contributed by atoms with E-state index >= 15 is 0 Å². The fourth-order valence-corrected chi connectivity index (χ4v) is 1.56. The number of carboxylic acid groups (broad SMARTS) is 1. The fourth-order valence-electron chi connectivity index (χ4n) is 1.40. The van der Waals surface area contributed by atoms with Crippen LogP contribution in [0.2, 0.25) is 5.02 Å². The number of carbonyl (C=O) groups is 3. The van der Waals surface area contributed by atoms with Crippen LogP contribution in [0.4, 0.5) is 4.79 Å². The molecule has 0 fully saturated rings. The van der Waals surface area contributed by atoms with E-state index in [1.54, 1.807) is 13.8 Å². The smallest absolute Gasteiger partial charge is 0.339 e. The van der Waals surface area contributed by atoms with Gasteiger partial charge in [-0.1, -0.05) is 11.6 Å². The highest BCUT2D eigenvalue weighted by molar-refractivity contribution is 6.30. The zero-order valence-corrected chi connectivity index (χ0v) is 12.2. The summed E-state index contributed by atoms with van der Waals surface area (Å²) in [4.78, 5) is 33.8. The number of hydrogen-bond donors (Lipinski definition) is 3. The fraction of sp³-hybridized carbons (Fsp3) is 0.308. The number of hydrogen-bond acceptors (Lipinski definition) is 4. The normalized spacial score (nSPS) is 10.1. The van der Waals surface area contributed by atoms with Crippen molar-refractivity contribution < 1.29 is 24.2 Å². The van der Waals surface area contributed by atoms with Gasteiger partial charge in [0.2, 0.25) is 0 Å². The lowest BCUT2D eigenvalue weighted by molar-refractivity contribution is -0.122.